The summed E-state index contributed by atoms with van der Waals surface area (Å²) in [7, 11) is 1.77. The summed E-state index contributed by atoms with van der Waals surface area (Å²) in [4.78, 5) is 28.9. The molecule has 2 aromatic carbocycles. The molecule has 0 bridgehead atoms. The molecule has 0 radical (unpaired) electrons. The van der Waals surface area contributed by atoms with Gasteiger partial charge in [-0.05, 0) is 73.2 Å². The minimum Gasteiger partial charge on any atom is -0.438 e. The third kappa shape index (κ3) is 4.29. The predicted molar refractivity (Wildman–Crippen MR) is 132 cm³/mol. The summed E-state index contributed by atoms with van der Waals surface area (Å²) >= 11 is 0. The number of aryl methyl sites for hydroxylation is 1. The van der Waals surface area contributed by atoms with Gasteiger partial charge in [0.2, 0.25) is 11.8 Å². The molecule has 0 unspecified atom stereocenters. The number of aromatic nitrogens is 4. The van der Waals surface area contributed by atoms with E-state index in [9.17, 15) is 4.79 Å². The Bertz CT molecular complexity index is 1490. The minimum absolute atomic E-state index is 0.174. The number of ether oxygens (including phenoxy) is 1. The van der Waals surface area contributed by atoms with Crippen LogP contribution in [0.5, 0.6) is 11.6 Å². The number of carbonyl (C=O) groups is 1. The number of pyridine rings is 1. The summed E-state index contributed by atoms with van der Waals surface area (Å²) in [6, 6.07) is 18.5. The number of nitrogens with one attached hydrogen (secondary N) is 3. The first-order valence-corrected chi connectivity index (χ1v) is 10.7. The average Bonchev–Trinajstić information content (AvgIpc) is 3.34. The van der Waals surface area contributed by atoms with Crippen LogP contribution in [0.2, 0.25) is 0 Å². The molecular formula is C26H22N6O2. The number of H-pyrrole nitrogens is 1. The van der Waals surface area contributed by atoms with E-state index in [1.165, 1.54) is 0 Å². The van der Waals surface area contributed by atoms with E-state index in [1.807, 2.05) is 61.7 Å². The highest BCUT2D eigenvalue weighted by Crippen LogP contribution is 2.33. The van der Waals surface area contributed by atoms with Crippen LogP contribution in [0.3, 0.4) is 0 Å². The van der Waals surface area contributed by atoms with Crippen molar-refractivity contribution in [1.29, 1.82) is 0 Å². The molecule has 168 valence electrons. The highest BCUT2D eigenvalue weighted by atomic mass is 16.5. The highest BCUT2D eigenvalue weighted by Gasteiger charge is 2.13. The molecule has 0 aliphatic carbocycles. The van der Waals surface area contributed by atoms with Gasteiger partial charge in [-0.25, -0.2) is 15.0 Å². The molecule has 0 aliphatic rings. The summed E-state index contributed by atoms with van der Waals surface area (Å²) in [5.74, 6) is 1.41. The normalized spacial score (nSPS) is 10.8. The monoisotopic (exact) mass is 450 g/mol. The van der Waals surface area contributed by atoms with Crippen molar-refractivity contribution in [2.24, 2.45) is 0 Å². The summed E-state index contributed by atoms with van der Waals surface area (Å²) < 4.78 is 6.14. The van der Waals surface area contributed by atoms with Gasteiger partial charge in [-0.1, -0.05) is 0 Å². The van der Waals surface area contributed by atoms with Crippen molar-refractivity contribution < 1.29 is 9.53 Å². The SMILES string of the molecule is CNc1nccc(-c2cccnc2Oc2ccc(NC(=O)c3ccc4[nH]ccc4c3)cc2C)n1. The Morgan fingerprint density at radius 3 is 2.76 bits per heavy atom. The number of amides is 1. The average molecular weight is 451 g/mol. The number of aromatic amines is 1. The number of fused-ring (bicyclic) bond motifs is 1. The molecule has 3 aromatic heterocycles. The van der Waals surface area contributed by atoms with E-state index in [2.05, 4.69) is 30.6 Å². The van der Waals surface area contributed by atoms with E-state index in [0.29, 0.717) is 34.5 Å². The first-order valence-electron chi connectivity index (χ1n) is 10.7. The Hall–Kier alpha value is -4.72. The molecule has 0 aliphatic heterocycles. The lowest BCUT2D eigenvalue weighted by molar-refractivity contribution is 0.102. The van der Waals surface area contributed by atoms with Gasteiger partial charge in [0.05, 0.1) is 11.3 Å². The van der Waals surface area contributed by atoms with Crippen molar-refractivity contribution in [2.75, 3.05) is 17.7 Å². The topological polar surface area (TPSA) is 105 Å². The van der Waals surface area contributed by atoms with Gasteiger partial charge in [0.25, 0.3) is 5.91 Å². The zero-order valence-corrected chi connectivity index (χ0v) is 18.7. The van der Waals surface area contributed by atoms with Gasteiger partial charge in [-0.2, -0.15) is 0 Å². The molecule has 3 heterocycles. The number of benzene rings is 2. The molecule has 1 amide bonds. The van der Waals surface area contributed by atoms with E-state index in [4.69, 9.17) is 4.74 Å². The smallest absolute Gasteiger partial charge is 0.255 e. The Labute approximate surface area is 196 Å². The van der Waals surface area contributed by atoms with Crippen LogP contribution in [0.25, 0.3) is 22.2 Å². The van der Waals surface area contributed by atoms with Crippen LogP contribution in [0.4, 0.5) is 11.6 Å². The minimum atomic E-state index is -0.174. The Kier molecular flexibility index (Phi) is 5.61. The van der Waals surface area contributed by atoms with Crippen LogP contribution >= 0.6 is 0 Å². The summed E-state index contributed by atoms with van der Waals surface area (Å²) in [6.07, 6.45) is 5.21. The molecule has 34 heavy (non-hydrogen) atoms. The summed E-state index contributed by atoms with van der Waals surface area (Å²) in [5, 5.41) is 6.88. The molecular weight excluding hydrogens is 428 g/mol. The largest absolute Gasteiger partial charge is 0.438 e. The number of carbonyl (C=O) groups excluding carboxylic acids is 1. The van der Waals surface area contributed by atoms with Crippen LogP contribution in [-0.2, 0) is 0 Å². The Morgan fingerprint density at radius 2 is 1.91 bits per heavy atom. The quantitative estimate of drug-likeness (QED) is 0.319. The molecule has 5 aromatic rings. The van der Waals surface area contributed by atoms with Crippen LogP contribution < -0.4 is 15.4 Å². The third-order valence-electron chi connectivity index (χ3n) is 5.38. The van der Waals surface area contributed by atoms with Gasteiger partial charge in [-0.3, -0.25) is 4.79 Å². The van der Waals surface area contributed by atoms with Crippen LogP contribution in [0.15, 0.2) is 79.3 Å². The Morgan fingerprint density at radius 1 is 1.00 bits per heavy atom. The van der Waals surface area contributed by atoms with Crippen LogP contribution in [0.1, 0.15) is 15.9 Å². The Balaban J connectivity index is 1.36. The second-order valence-electron chi connectivity index (χ2n) is 7.69. The molecule has 0 saturated heterocycles. The predicted octanol–water partition coefficient (Wildman–Crippen LogP) is 5.41. The van der Waals surface area contributed by atoms with Crippen molar-refractivity contribution in [3.63, 3.8) is 0 Å². The lowest BCUT2D eigenvalue weighted by atomic mass is 10.1. The number of hydrogen-bond donors (Lipinski definition) is 3. The van der Waals surface area contributed by atoms with Crippen LogP contribution in [0, 0.1) is 6.92 Å². The molecule has 8 heteroatoms. The van der Waals surface area contributed by atoms with Gasteiger partial charge < -0.3 is 20.4 Å². The van der Waals surface area contributed by atoms with Crippen LogP contribution in [-0.4, -0.2) is 32.9 Å². The number of anilines is 2. The second kappa shape index (κ2) is 9.03. The lowest BCUT2D eigenvalue weighted by Crippen LogP contribution is -2.11. The van der Waals surface area contributed by atoms with E-state index >= 15 is 0 Å². The second-order valence-corrected chi connectivity index (χ2v) is 7.69. The van der Waals surface area contributed by atoms with Gasteiger partial charge >= 0.3 is 0 Å². The van der Waals surface area contributed by atoms with E-state index in [-0.39, 0.29) is 5.91 Å². The fourth-order valence-electron chi connectivity index (χ4n) is 3.64. The number of nitrogens with zero attached hydrogens (tertiary/aromatic N) is 3. The molecule has 0 saturated carbocycles. The fourth-order valence-corrected chi connectivity index (χ4v) is 3.64. The van der Waals surface area contributed by atoms with Crippen molar-refractivity contribution in [2.45, 2.75) is 6.92 Å². The standard InChI is InChI=1S/C26H22N6O2/c1-16-14-19(31-24(33)18-5-7-21-17(15-18)9-12-28-21)6-8-23(16)34-25-20(4-3-11-29-25)22-10-13-30-26(27-2)32-22/h3-15,28H,1-2H3,(H,31,33)(H,27,30,32). The molecule has 3 N–H and O–H groups in total. The van der Waals surface area contributed by atoms with Crippen molar-refractivity contribution >= 4 is 28.4 Å². The first kappa shape index (κ1) is 21.1. The molecule has 8 nitrogen and oxygen atoms in total. The van der Waals surface area contributed by atoms with E-state index in [0.717, 1.165) is 22.0 Å². The lowest BCUT2D eigenvalue weighted by Gasteiger charge is -2.13. The van der Waals surface area contributed by atoms with Crippen molar-refractivity contribution in [1.82, 2.24) is 19.9 Å². The maximum absolute atomic E-state index is 12.7. The number of rotatable bonds is 6. The van der Waals surface area contributed by atoms with Gasteiger partial charge in [0.1, 0.15) is 5.75 Å². The van der Waals surface area contributed by atoms with Gasteiger partial charge in [-0.15, -0.1) is 0 Å². The van der Waals surface area contributed by atoms with E-state index in [1.54, 1.807) is 31.6 Å². The maximum Gasteiger partial charge on any atom is 0.255 e. The molecule has 5 rings (SSSR count). The highest BCUT2D eigenvalue weighted by molar-refractivity contribution is 6.06. The zero-order chi connectivity index (χ0) is 23.5. The van der Waals surface area contributed by atoms with Gasteiger partial charge in [0.15, 0.2) is 0 Å². The first-order chi connectivity index (χ1) is 16.6. The fraction of sp³-hybridized carbons (Fsp3) is 0.0769. The summed E-state index contributed by atoms with van der Waals surface area (Å²) in [5.41, 5.74) is 4.57. The maximum atomic E-state index is 12.7. The van der Waals surface area contributed by atoms with Crippen molar-refractivity contribution in [3.8, 4) is 22.9 Å². The molecule has 0 spiro atoms. The van der Waals surface area contributed by atoms with Gasteiger partial charge in [0, 0.05) is 47.8 Å². The van der Waals surface area contributed by atoms with Crippen molar-refractivity contribution in [3.05, 3.63) is 90.4 Å². The third-order valence-corrected chi connectivity index (χ3v) is 5.38. The molecule has 0 fully saturated rings. The summed E-state index contributed by atoms with van der Waals surface area (Å²) in [6.45, 7) is 1.92. The zero-order valence-electron chi connectivity index (χ0n) is 18.7. The molecule has 0 atom stereocenters. The van der Waals surface area contributed by atoms with E-state index < -0.39 is 0 Å². The number of hydrogen-bond acceptors (Lipinski definition) is 6.